The van der Waals surface area contributed by atoms with E-state index < -0.39 is 17.3 Å². The molecule has 30 heavy (non-hydrogen) atoms. The van der Waals surface area contributed by atoms with Crippen LogP contribution in [0.25, 0.3) is 0 Å². The van der Waals surface area contributed by atoms with Gasteiger partial charge in [0.15, 0.2) is 10.6 Å². The van der Waals surface area contributed by atoms with E-state index in [-0.39, 0.29) is 0 Å². The van der Waals surface area contributed by atoms with Crippen LogP contribution in [0.4, 0.5) is 0 Å². The Balaban J connectivity index is 1.43. The quantitative estimate of drug-likeness (QED) is 0.568. The van der Waals surface area contributed by atoms with E-state index >= 15 is 0 Å². The summed E-state index contributed by atoms with van der Waals surface area (Å²) in [6.45, 7) is 4.85. The fourth-order valence-corrected chi connectivity index (χ4v) is 4.55. The van der Waals surface area contributed by atoms with Gasteiger partial charge in [0.1, 0.15) is 12.9 Å². The van der Waals surface area contributed by atoms with Crippen molar-refractivity contribution in [3.63, 3.8) is 0 Å². The zero-order valence-electron chi connectivity index (χ0n) is 17.4. The molecule has 2 unspecified atom stereocenters. The fraction of sp³-hybridized carbons (Fsp3) is 0.280. The summed E-state index contributed by atoms with van der Waals surface area (Å²) in [6, 6.07) is 22.2. The van der Waals surface area contributed by atoms with Gasteiger partial charge >= 0.3 is 0 Å². The highest BCUT2D eigenvalue weighted by atomic mass is 32.2. The molecule has 4 nitrogen and oxygen atoms in total. The van der Waals surface area contributed by atoms with Crippen LogP contribution in [0, 0.1) is 0 Å². The summed E-state index contributed by atoms with van der Waals surface area (Å²) in [6.07, 6.45) is 1.21. The SMILES string of the molecule is CC(O)c1ccc(COc2ccc(CN3Cc4ccccc4C3)cc2[S+](C)[O-])cc1. The smallest absolute Gasteiger partial charge is 0.194 e. The van der Waals surface area contributed by atoms with Gasteiger partial charge < -0.3 is 14.4 Å². The minimum atomic E-state index is -1.14. The Hall–Kier alpha value is -2.31. The molecule has 5 heteroatoms. The molecule has 0 amide bonds. The molecule has 0 aliphatic carbocycles. The summed E-state index contributed by atoms with van der Waals surface area (Å²) in [4.78, 5) is 3.12. The number of hydrogen-bond donors (Lipinski definition) is 1. The average Bonchev–Trinajstić information content (AvgIpc) is 3.15. The maximum absolute atomic E-state index is 12.4. The lowest BCUT2D eigenvalue weighted by atomic mass is 10.1. The maximum Gasteiger partial charge on any atom is 0.194 e. The molecule has 0 fully saturated rings. The second-order valence-corrected chi connectivity index (χ2v) is 9.20. The molecule has 2 atom stereocenters. The van der Waals surface area contributed by atoms with E-state index in [1.165, 1.54) is 11.1 Å². The van der Waals surface area contributed by atoms with E-state index in [9.17, 15) is 9.66 Å². The van der Waals surface area contributed by atoms with Crippen molar-refractivity contribution in [3.05, 3.63) is 94.5 Å². The highest BCUT2D eigenvalue weighted by Crippen LogP contribution is 2.29. The summed E-state index contributed by atoms with van der Waals surface area (Å²) < 4.78 is 18.3. The molecule has 3 aromatic rings. The minimum Gasteiger partial charge on any atom is -0.612 e. The molecule has 0 bridgehead atoms. The van der Waals surface area contributed by atoms with Crippen molar-refractivity contribution >= 4 is 11.2 Å². The number of ether oxygens (including phenoxy) is 1. The summed E-state index contributed by atoms with van der Waals surface area (Å²) in [5, 5.41) is 9.63. The van der Waals surface area contributed by atoms with Crippen molar-refractivity contribution in [2.75, 3.05) is 6.26 Å². The molecule has 4 rings (SSSR count). The molecule has 1 aliphatic rings. The zero-order valence-corrected chi connectivity index (χ0v) is 18.2. The Morgan fingerprint density at radius 3 is 2.23 bits per heavy atom. The lowest BCUT2D eigenvalue weighted by molar-refractivity contribution is 0.199. The Morgan fingerprint density at radius 2 is 1.63 bits per heavy atom. The van der Waals surface area contributed by atoms with Gasteiger partial charge in [0.2, 0.25) is 0 Å². The third-order valence-electron chi connectivity index (χ3n) is 5.49. The number of rotatable bonds is 7. The van der Waals surface area contributed by atoms with Crippen LogP contribution < -0.4 is 4.74 Å². The van der Waals surface area contributed by atoms with Crippen LogP contribution in [-0.4, -0.2) is 20.8 Å². The Kier molecular flexibility index (Phi) is 6.44. The van der Waals surface area contributed by atoms with Gasteiger partial charge in [0.05, 0.1) is 6.10 Å². The molecule has 0 saturated heterocycles. The molecular formula is C25H27NO3S. The van der Waals surface area contributed by atoms with Crippen LogP contribution in [0.5, 0.6) is 5.75 Å². The van der Waals surface area contributed by atoms with E-state index in [1.54, 1.807) is 13.2 Å². The minimum absolute atomic E-state index is 0.394. The predicted octanol–water partition coefficient (Wildman–Crippen LogP) is 4.57. The normalized spacial score (nSPS) is 15.6. The van der Waals surface area contributed by atoms with Crippen molar-refractivity contribution < 1.29 is 14.4 Å². The van der Waals surface area contributed by atoms with Crippen molar-refractivity contribution in [1.29, 1.82) is 0 Å². The molecule has 1 heterocycles. The third-order valence-corrected chi connectivity index (χ3v) is 6.43. The van der Waals surface area contributed by atoms with Crippen molar-refractivity contribution in [2.45, 2.75) is 44.2 Å². The second kappa shape index (κ2) is 9.23. The topological polar surface area (TPSA) is 55.8 Å². The lowest BCUT2D eigenvalue weighted by Crippen LogP contribution is -2.16. The predicted molar refractivity (Wildman–Crippen MR) is 120 cm³/mol. The molecule has 156 valence electrons. The first kappa shape index (κ1) is 20.9. The van der Waals surface area contributed by atoms with Gasteiger partial charge in [-0.1, -0.05) is 54.6 Å². The van der Waals surface area contributed by atoms with E-state index in [2.05, 4.69) is 35.2 Å². The Morgan fingerprint density at radius 1 is 1.00 bits per heavy atom. The maximum atomic E-state index is 12.4. The average molecular weight is 422 g/mol. The number of aliphatic hydroxyl groups is 1. The van der Waals surface area contributed by atoms with Gasteiger partial charge in [-0.2, -0.15) is 0 Å². The van der Waals surface area contributed by atoms with E-state index in [4.69, 9.17) is 4.74 Å². The molecule has 0 spiro atoms. The van der Waals surface area contributed by atoms with Crippen LogP contribution >= 0.6 is 0 Å². The number of nitrogens with zero attached hydrogens (tertiary/aromatic N) is 1. The van der Waals surface area contributed by atoms with Crippen LogP contribution in [0.2, 0.25) is 0 Å². The van der Waals surface area contributed by atoms with Crippen LogP contribution in [0.15, 0.2) is 71.6 Å². The summed E-state index contributed by atoms with van der Waals surface area (Å²) >= 11 is -1.14. The second-order valence-electron chi connectivity index (χ2n) is 7.86. The Bertz CT molecular complexity index is 977. The van der Waals surface area contributed by atoms with Crippen LogP contribution in [0.3, 0.4) is 0 Å². The number of benzene rings is 3. The van der Waals surface area contributed by atoms with Gasteiger partial charge in [-0.05, 0) is 52.0 Å². The van der Waals surface area contributed by atoms with Gasteiger partial charge in [0, 0.05) is 25.7 Å². The lowest BCUT2D eigenvalue weighted by Gasteiger charge is -2.17. The highest BCUT2D eigenvalue weighted by molar-refractivity contribution is 7.90. The van der Waals surface area contributed by atoms with E-state index in [1.807, 2.05) is 36.4 Å². The van der Waals surface area contributed by atoms with Gasteiger partial charge in [-0.15, -0.1) is 0 Å². The molecule has 3 aromatic carbocycles. The van der Waals surface area contributed by atoms with Gasteiger partial charge in [-0.25, -0.2) is 0 Å². The summed E-state index contributed by atoms with van der Waals surface area (Å²) in [5.41, 5.74) is 5.80. The van der Waals surface area contributed by atoms with Gasteiger partial charge in [-0.3, -0.25) is 4.90 Å². The molecular weight excluding hydrogens is 394 g/mol. The molecule has 1 aliphatic heterocycles. The van der Waals surface area contributed by atoms with Crippen molar-refractivity contribution in [1.82, 2.24) is 4.90 Å². The Labute approximate surface area is 181 Å². The third kappa shape index (κ3) is 4.87. The number of fused-ring (bicyclic) bond motifs is 1. The number of hydrogen-bond acceptors (Lipinski definition) is 4. The first-order chi connectivity index (χ1) is 14.5. The van der Waals surface area contributed by atoms with Gasteiger partial charge in [0.25, 0.3) is 0 Å². The number of aliphatic hydroxyl groups excluding tert-OH is 1. The standard InChI is InChI=1S/C25H27NO3S/c1-18(27)21-10-7-19(8-11-21)17-29-24-12-9-20(13-25(24)30(2)28)14-26-15-22-5-3-4-6-23(22)16-26/h3-13,18,27H,14-17H2,1-2H3. The van der Waals surface area contributed by atoms with Crippen molar-refractivity contribution in [2.24, 2.45) is 0 Å². The fourth-order valence-electron chi connectivity index (χ4n) is 3.82. The largest absolute Gasteiger partial charge is 0.612 e. The van der Waals surface area contributed by atoms with E-state index in [0.717, 1.165) is 41.2 Å². The molecule has 0 saturated carbocycles. The van der Waals surface area contributed by atoms with Crippen molar-refractivity contribution in [3.8, 4) is 5.75 Å². The van der Waals surface area contributed by atoms with Crippen LogP contribution in [0.1, 0.15) is 40.8 Å². The molecule has 0 radical (unpaired) electrons. The van der Waals surface area contributed by atoms with E-state index in [0.29, 0.717) is 12.4 Å². The zero-order chi connectivity index (χ0) is 21.1. The first-order valence-electron chi connectivity index (χ1n) is 10.1. The highest BCUT2D eigenvalue weighted by Gasteiger charge is 2.20. The summed E-state index contributed by atoms with van der Waals surface area (Å²) in [5.74, 6) is 0.656. The monoisotopic (exact) mass is 421 g/mol. The van der Waals surface area contributed by atoms with Crippen LogP contribution in [-0.2, 0) is 37.4 Å². The first-order valence-corrected chi connectivity index (χ1v) is 11.7. The summed E-state index contributed by atoms with van der Waals surface area (Å²) in [7, 11) is 0. The molecule has 0 aromatic heterocycles. The molecule has 1 N–H and O–H groups in total.